The molecule has 1 aromatic carbocycles. The molecule has 0 amide bonds. The molecule has 0 bridgehead atoms. The fourth-order valence-corrected chi connectivity index (χ4v) is 1.68. The van der Waals surface area contributed by atoms with Crippen molar-refractivity contribution in [3.63, 3.8) is 0 Å². The van der Waals surface area contributed by atoms with Crippen molar-refractivity contribution in [3.8, 4) is 6.07 Å². The molecule has 0 aliphatic rings. The first-order chi connectivity index (χ1) is 9.13. The molecular formula is C14H15NO4. The quantitative estimate of drug-likeness (QED) is 0.756. The smallest absolute Gasteiger partial charge is 0.339 e. The molecule has 0 spiro atoms. The molecule has 0 saturated heterocycles. The van der Waals surface area contributed by atoms with Gasteiger partial charge in [0, 0.05) is 6.42 Å². The maximum atomic E-state index is 11.9. The van der Waals surface area contributed by atoms with Gasteiger partial charge in [-0.2, -0.15) is 5.26 Å². The Hall–Kier alpha value is -2.35. The minimum absolute atomic E-state index is 0.151. The topological polar surface area (TPSA) is 76.4 Å². The summed E-state index contributed by atoms with van der Waals surface area (Å²) in [5.74, 6) is -0.906. The Balaban J connectivity index is 3.06. The van der Waals surface area contributed by atoms with Crippen molar-refractivity contribution in [2.45, 2.75) is 19.8 Å². The second-order valence-electron chi connectivity index (χ2n) is 3.75. The summed E-state index contributed by atoms with van der Waals surface area (Å²) in [7, 11) is 1.31. The number of nitriles is 1. The average molecular weight is 261 g/mol. The van der Waals surface area contributed by atoms with E-state index in [0.29, 0.717) is 12.0 Å². The monoisotopic (exact) mass is 261 g/mol. The minimum Gasteiger partial charge on any atom is -0.469 e. The highest BCUT2D eigenvalue weighted by molar-refractivity contribution is 5.94. The molecular weight excluding hydrogens is 246 g/mol. The van der Waals surface area contributed by atoms with E-state index in [-0.39, 0.29) is 30.1 Å². The largest absolute Gasteiger partial charge is 0.469 e. The van der Waals surface area contributed by atoms with Crippen LogP contribution < -0.4 is 0 Å². The van der Waals surface area contributed by atoms with Crippen molar-refractivity contribution in [2.75, 3.05) is 13.7 Å². The van der Waals surface area contributed by atoms with Crippen LogP contribution >= 0.6 is 0 Å². The Morgan fingerprint density at radius 1 is 1.37 bits per heavy atom. The number of aryl methyl sites for hydroxylation is 1. The number of esters is 2. The van der Waals surface area contributed by atoms with Gasteiger partial charge in [0.15, 0.2) is 0 Å². The lowest BCUT2D eigenvalue weighted by molar-refractivity contribution is -0.140. The fraction of sp³-hybridized carbons (Fsp3) is 0.357. The fourth-order valence-electron chi connectivity index (χ4n) is 1.68. The summed E-state index contributed by atoms with van der Waals surface area (Å²) >= 11 is 0. The normalized spacial score (nSPS) is 9.53. The molecule has 0 saturated carbocycles. The van der Waals surface area contributed by atoms with E-state index >= 15 is 0 Å². The molecule has 0 unspecified atom stereocenters. The number of rotatable bonds is 5. The van der Waals surface area contributed by atoms with Crippen molar-refractivity contribution >= 4 is 11.9 Å². The lowest BCUT2D eigenvalue weighted by atomic mass is 9.98. The van der Waals surface area contributed by atoms with E-state index in [1.165, 1.54) is 7.11 Å². The minimum atomic E-state index is -0.542. The zero-order valence-electron chi connectivity index (χ0n) is 10.9. The van der Waals surface area contributed by atoms with Crippen LogP contribution in [-0.2, 0) is 20.7 Å². The van der Waals surface area contributed by atoms with Gasteiger partial charge in [0.1, 0.15) is 6.07 Å². The van der Waals surface area contributed by atoms with Gasteiger partial charge in [0.25, 0.3) is 0 Å². The Morgan fingerprint density at radius 3 is 2.68 bits per heavy atom. The first-order valence-electron chi connectivity index (χ1n) is 5.90. The Morgan fingerprint density at radius 2 is 2.11 bits per heavy atom. The molecule has 1 rings (SSSR count). The van der Waals surface area contributed by atoms with Crippen molar-refractivity contribution in [1.82, 2.24) is 0 Å². The van der Waals surface area contributed by atoms with Gasteiger partial charge in [0.2, 0.25) is 0 Å². The summed E-state index contributed by atoms with van der Waals surface area (Å²) in [6.45, 7) is 1.93. The Kier molecular flexibility index (Phi) is 5.55. The maximum Gasteiger partial charge on any atom is 0.339 e. The van der Waals surface area contributed by atoms with Gasteiger partial charge in [-0.1, -0.05) is 12.1 Å². The van der Waals surface area contributed by atoms with Crippen molar-refractivity contribution in [3.05, 3.63) is 34.9 Å². The number of hydrogen-bond donors (Lipinski definition) is 0. The van der Waals surface area contributed by atoms with E-state index in [0.717, 1.165) is 0 Å². The molecule has 5 nitrogen and oxygen atoms in total. The van der Waals surface area contributed by atoms with E-state index < -0.39 is 5.97 Å². The summed E-state index contributed by atoms with van der Waals surface area (Å²) in [5.41, 5.74) is 1.10. The number of carbonyl (C=O) groups excluding carboxylic acids is 2. The molecule has 0 N–H and O–H groups in total. The van der Waals surface area contributed by atoms with Crippen LogP contribution in [0.2, 0.25) is 0 Å². The number of nitrogens with zero attached hydrogens (tertiary/aromatic N) is 1. The third kappa shape index (κ3) is 3.81. The van der Waals surface area contributed by atoms with Crippen LogP contribution in [-0.4, -0.2) is 25.7 Å². The van der Waals surface area contributed by atoms with Crippen LogP contribution in [0, 0.1) is 11.3 Å². The van der Waals surface area contributed by atoms with Gasteiger partial charge in [-0.25, -0.2) is 4.79 Å². The summed E-state index contributed by atoms with van der Waals surface area (Å²) in [6, 6.07) is 6.89. The van der Waals surface area contributed by atoms with Gasteiger partial charge in [0.05, 0.1) is 24.8 Å². The second-order valence-corrected chi connectivity index (χ2v) is 3.75. The van der Waals surface area contributed by atoms with Crippen LogP contribution in [0.15, 0.2) is 18.2 Å². The molecule has 100 valence electrons. The van der Waals surface area contributed by atoms with Gasteiger partial charge < -0.3 is 9.47 Å². The van der Waals surface area contributed by atoms with E-state index in [2.05, 4.69) is 4.74 Å². The van der Waals surface area contributed by atoms with E-state index in [4.69, 9.17) is 10.00 Å². The lowest BCUT2D eigenvalue weighted by Crippen LogP contribution is -2.12. The first-order valence-corrected chi connectivity index (χ1v) is 5.90. The summed E-state index contributed by atoms with van der Waals surface area (Å²) in [5, 5.41) is 9.03. The first kappa shape index (κ1) is 14.7. The highest BCUT2D eigenvalue weighted by Crippen LogP contribution is 2.17. The van der Waals surface area contributed by atoms with Crippen LogP contribution in [0.5, 0.6) is 0 Å². The van der Waals surface area contributed by atoms with Crippen LogP contribution in [0.1, 0.15) is 34.8 Å². The molecule has 19 heavy (non-hydrogen) atoms. The number of benzene rings is 1. The summed E-state index contributed by atoms with van der Waals surface area (Å²) in [4.78, 5) is 23.0. The SMILES string of the molecule is CCOC(=O)c1c(C#N)cccc1CCC(=O)OC. The molecule has 5 heteroatoms. The highest BCUT2D eigenvalue weighted by Gasteiger charge is 2.18. The lowest BCUT2D eigenvalue weighted by Gasteiger charge is -2.09. The highest BCUT2D eigenvalue weighted by atomic mass is 16.5. The predicted octanol–water partition coefficient (Wildman–Crippen LogP) is 1.84. The molecule has 0 atom stereocenters. The van der Waals surface area contributed by atoms with E-state index in [1.54, 1.807) is 25.1 Å². The third-order valence-electron chi connectivity index (χ3n) is 2.58. The van der Waals surface area contributed by atoms with Crippen molar-refractivity contribution in [1.29, 1.82) is 5.26 Å². The van der Waals surface area contributed by atoms with Crippen LogP contribution in [0.3, 0.4) is 0 Å². The Bertz CT molecular complexity index is 517. The number of hydrogen-bond acceptors (Lipinski definition) is 5. The molecule has 0 aliphatic carbocycles. The number of ether oxygens (including phenoxy) is 2. The second kappa shape index (κ2) is 7.17. The average Bonchev–Trinajstić information content (AvgIpc) is 2.44. The van der Waals surface area contributed by atoms with Gasteiger partial charge in [-0.3, -0.25) is 4.79 Å². The van der Waals surface area contributed by atoms with Gasteiger partial charge >= 0.3 is 11.9 Å². The van der Waals surface area contributed by atoms with Crippen LogP contribution in [0.25, 0.3) is 0 Å². The predicted molar refractivity (Wildman–Crippen MR) is 67.5 cm³/mol. The molecule has 1 aromatic rings. The molecule has 0 radical (unpaired) electrons. The van der Waals surface area contributed by atoms with Gasteiger partial charge in [-0.15, -0.1) is 0 Å². The van der Waals surface area contributed by atoms with Gasteiger partial charge in [-0.05, 0) is 25.0 Å². The molecule has 0 aliphatic heterocycles. The Labute approximate surface area is 111 Å². The molecule has 0 heterocycles. The summed E-state index contributed by atoms with van der Waals surface area (Å²) < 4.78 is 9.49. The standard InChI is InChI=1S/C14H15NO4/c1-3-19-14(17)13-10(7-8-12(16)18-2)5-4-6-11(13)9-15/h4-6H,3,7-8H2,1-2H3. The third-order valence-corrected chi connectivity index (χ3v) is 2.58. The van der Waals surface area contributed by atoms with E-state index in [9.17, 15) is 9.59 Å². The molecule has 0 aromatic heterocycles. The number of methoxy groups -OCH3 is 1. The van der Waals surface area contributed by atoms with Crippen molar-refractivity contribution in [2.24, 2.45) is 0 Å². The maximum absolute atomic E-state index is 11.9. The van der Waals surface area contributed by atoms with Crippen LogP contribution in [0.4, 0.5) is 0 Å². The number of carbonyl (C=O) groups is 2. The van der Waals surface area contributed by atoms with E-state index in [1.807, 2.05) is 6.07 Å². The zero-order valence-corrected chi connectivity index (χ0v) is 10.9. The molecule has 0 fully saturated rings. The summed E-state index contributed by atoms with van der Waals surface area (Å²) in [6.07, 6.45) is 0.480. The van der Waals surface area contributed by atoms with Crippen molar-refractivity contribution < 1.29 is 19.1 Å². The zero-order chi connectivity index (χ0) is 14.3.